The zero-order valence-electron chi connectivity index (χ0n) is 11.3. The molecule has 21 heavy (non-hydrogen) atoms. The number of carbonyl (C=O) groups is 1. The second kappa shape index (κ2) is 6.10. The van der Waals surface area contributed by atoms with E-state index < -0.39 is 0 Å². The molecular weight excluding hydrogens is 328 g/mol. The minimum atomic E-state index is 0.473. The molecular formula is C18H13BrO2. The smallest absolute Gasteiger partial charge is 0.151 e. The van der Waals surface area contributed by atoms with E-state index in [-0.39, 0.29) is 0 Å². The molecule has 0 amide bonds. The predicted octanol–water partition coefficient (Wildman–Crippen LogP) is 4.99. The minimum absolute atomic E-state index is 0.473. The van der Waals surface area contributed by atoms with Crippen molar-refractivity contribution in [1.29, 1.82) is 0 Å². The molecule has 0 fully saturated rings. The SMILES string of the molecule is O=Cc1cc(OCc2cccc3ccccc23)ccc1Br. The van der Waals surface area contributed by atoms with Crippen LogP contribution in [-0.4, -0.2) is 6.29 Å². The highest BCUT2D eigenvalue weighted by Crippen LogP contribution is 2.24. The van der Waals surface area contributed by atoms with Crippen molar-refractivity contribution in [2.75, 3.05) is 0 Å². The molecule has 0 aliphatic rings. The maximum atomic E-state index is 10.9. The van der Waals surface area contributed by atoms with Crippen molar-refractivity contribution >= 4 is 33.0 Å². The topological polar surface area (TPSA) is 26.3 Å². The standard InChI is InChI=1S/C18H13BrO2/c19-18-9-8-16(10-15(18)11-20)21-12-14-6-3-5-13-4-1-2-7-17(13)14/h1-11H,12H2. The lowest BCUT2D eigenvalue weighted by molar-refractivity contribution is 0.112. The molecule has 0 atom stereocenters. The summed E-state index contributed by atoms with van der Waals surface area (Å²) >= 11 is 3.33. The summed E-state index contributed by atoms with van der Waals surface area (Å²) in [5.41, 5.74) is 1.72. The van der Waals surface area contributed by atoms with Gasteiger partial charge in [0.2, 0.25) is 0 Å². The van der Waals surface area contributed by atoms with Gasteiger partial charge in [0.05, 0.1) is 0 Å². The summed E-state index contributed by atoms with van der Waals surface area (Å²) in [6.07, 6.45) is 0.814. The van der Waals surface area contributed by atoms with Crippen LogP contribution in [0.25, 0.3) is 10.8 Å². The first-order valence-corrected chi connectivity index (χ1v) is 7.41. The first-order valence-electron chi connectivity index (χ1n) is 6.62. The van der Waals surface area contributed by atoms with Crippen molar-refractivity contribution in [2.24, 2.45) is 0 Å². The molecule has 0 aliphatic heterocycles. The van der Waals surface area contributed by atoms with E-state index in [0.717, 1.165) is 16.3 Å². The lowest BCUT2D eigenvalue weighted by Gasteiger charge is -2.10. The first-order chi connectivity index (χ1) is 10.3. The molecule has 0 bridgehead atoms. The van der Waals surface area contributed by atoms with Crippen LogP contribution in [0.1, 0.15) is 15.9 Å². The quantitative estimate of drug-likeness (QED) is 0.625. The first kappa shape index (κ1) is 13.8. The Labute approximate surface area is 131 Å². The third-order valence-electron chi connectivity index (χ3n) is 3.37. The van der Waals surface area contributed by atoms with E-state index >= 15 is 0 Å². The van der Waals surface area contributed by atoms with Crippen molar-refractivity contribution < 1.29 is 9.53 Å². The fourth-order valence-electron chi connectivity index (χ4n) is 2.28. The fraction of sp³-hybridized carbons (Fsp3) is 0.0556. The van der Waals surface area contributed by atoms with Gasteiger partial charge in [-0.25, -0.2) is 0 Å². The molecule has 0 radical (unpaired) electrons. The summed E-state index contributed by atoms with van der Waals surface area (Å²) < 4.78 is 6.59. The molecule has 3 aromatic rings. The van der Waals surface area contributed by atoms with Gasteiger partial charge in [-0.05, 0) is 34.5 Å². The van der Waals surface area contributed by atoms with Crippen LogP contribution in [0.3, 0.4) is 0 Å². The molecule has 0 aliphatic carbocycles. The van der Waals surface area contributed by atoms with Crippen molar-refractivity contribution in [3.05, 3.63) is 76.3 Å². The van der Waals surface area contributed by atoms with Crippen molar-refractivity contribution in [1.82, 2.24) is 0 Å². The molecule has 0 heterocycles. The van der Waals surface area contributed by atoms with Gasteiger partial charge in [-0.2, -0.15) is 0 Å². The van der Waals surface area contributed by atoms with Crippen molar-refractivity contribution in [2.45, 2.75) is 6.61 Å². The third-order valence-corrected chi connectivity index (χ3v) is 4.09. The van der Waals surface area contributed by atoms with E-state index in [1.54, 1.807) is 6.07 Å². The molecule has 0 spiro atoms. The number of fused-ring (bicyclic) bond motifs is 1. The molecule has 0 aromatic heterocycles. The maximum Gasteiger partial charge on any atom is 0.151 e. The van der Waals surface area contributed by atoms with E-state index in [1.807, 2.05) is 30.3 Å². The molecule has 104 valence electrons. The highest BCUT2D eigenvalue weighted by Gasteiger charge is 2.04. The summed E-state index contributed by atoms with van der Waals surface area (Å²) in [6, 6.07) is 19.8. The Morgan fingerprint density at radius 3 is 2.67 bits per heavy atom. The molecule has 0 unspecified atom stereocenters. The molecule has 2 nitrogen and oxygen atoms in total. The van der Waals surface area contributed by atoms with E-state index in [4.69, 9.17) is 4.74 Å². The number of carbonyl (C=O) groups excluding carboxylic acids is 1. The highest BCUT2D eigenvalue weighted by atomic mass is 79.9. The number of rotatable bonds is 4. The Kier molecular flexibility index (Phi) is 4.02. The lowest BCUT2D eigenvalue weighted by atomic mass is 10.1. The van der Waals surface area contributed by atoms with Gasteiger partial charge in [0, 0.05) is 10.0 Å². The largest absolute Gasteiger partial charge is 0.489 e. The fourth-order valence-corrected chi connectivity index (χ4v) is 2.62. The van der Waals surface area contributed by atoms with E-state index in [9.17, 15) is 4.79 Å². The lowest BCUT2D eigenvalue weighted by Crippen LogP contribution is -1.97. The molecule has 0 N–H and O–H groups in total. The van der Waals surface area contributed by atoms with Gasteiger partial charge in [0.25, 0.3) is 0 Å². The average Bonchev–Trinajstić information content (AvgIpc) is 2.54. The van der Waals surface area contributed by atoms with Crippen LogP contribution < -0.4 is 4.74 Å². The van der Waals surface area contributed by atoms with Gasteiger partial charge in [0.1, 0.15) is 12.4 Å². The second-order valence-electron chi connectivity index (χ2n) is 4.73. The summed E-state index contributed by atoms with van der Waals surface area (Å²) in [5, 5.41) is 2.38. The monoisotopic (exact) mass is 340 g/mol. The van der Waals surface area contributed by atoms with E-state index in [1.165, 1.54) is 10.8 Å². The number of ether oxygens (including phenoxy) is 1. The van der Waals surface area contributed by atoms with Crippen LogP contribution in [0.4, 0.5) is 0 Å². The van der Waals surface area contributed by atoms with Crippen molar-refractivity contribution in [3.63, 3.8) is 0 Å². The maximum absolute atomic E-state index is 10.9. The zero-order valence-corrected chi connectivity index (χ0v) is 12.8. The summed E-state index contributed by atoms with van der Waals surface area (Å²) in [4.78, 5) is 10.9. The number of hydrogen-bond donors (Lipinski definition) is 0. The van der Waals surface area contributed by atoms with E-state index in [0.29, 0.717) is 17.9 Å². The Hall–Kier alpha value is -2.13. The van der Waals surface area contributed by atoms with Crippen LogP contribution in [0.15, 0.2) is 65.1 Å². The van der Waals surface area contributed by atoms with Gasteiger partial charge >= 0.3 is 0 Å². The van der Waals surface area contributed by atoms with Gasteiger partial charge < -0.3 is 4.74 Å². The number of benzene rings is 3. The summed E-state index contributed by atoms with van der Waals surface area (Å²) in [5.74, 6) is 0.688. The molecule has 3 aromatic carbocycles. The highest BCUT2D eigenvalue weighted by molar-refractivity contribution is 9.10. The van der Waals surface area contributed by atoms with Gasteiger partial charge in [-0.15, -0.1) is 0 Å². The van der Waals surface area contributed by atoms with Crippen LogP contribution in [0, 0.1) is 0 Å². The van der Waals surface area contributed by atoms with Crippen LogP contribution in [0.5, 0.6) is 5.75 Å². The Balaban J connectivity index is 1.85. The normalized spacial score (nSPS) is 10.5. The predicted molar refractivity (Wildman–Crippen MR) is 87.8 cm³/mol. The van der Waals surface area contributed by atoms with Crippen molar-refractivity contribution in [3.8, 4) is 5.75 Å². The molecule has 3 heteroatoms. The number of hydrogen-bond acceptors (Lipinski definition) is 2. The van der Waals surface area contributed by atoms with Crippen LogP contribution in [0.2, 0.25) is 0 Å². The summed E-state index contributed by atoms with van der Waals surface area (Å²) in [6.45, 7) is 0.473. The van der Waals surface area contributed by atoms with Gasteiger partial charge in [0.15, 0.2) is 6.29 Å². The van der Waals surface area contributed by atoms with Crippen LogP contribution in [-0.2, 0) is 6.61 Å². The Morgan fingerprint density at radius 1 is 1.00 bits per heavy atom. The third kappa shape index (κ3) is 2.98. The second-order valence-corrected chi connectivity index (χ2v) is 5.58. The van der Waals surface area contributed by atoms with Gasteiger partial charge in [-0.3, -0.25) is 4.79 Å². The average molecular weight is 341 g/mol. The minimum Gasteiger partial charge on any atom is -0.489 e. The van der Waals surface area contributed by atoms with E-state index in [2.05, 4.69) is 40.2 Å². The Morgan fingerprint density at radius 2 is 1.81 bits per heavy atom. The van der Waals surface area contributed by atoms with Crippen LogP contribution >= 0.6 is 15.9 Å². The van der Waals surface area contributed by atoms with Gasteiger partial charge in [-0.1, -0.05) is 58.4 Å². The Bertz CT molecular complexity index is 791. The molecule has 3 rings (SSSR count). The molecule has 0 saturated carbocycles. The number of aldehydes is 1. The summed E-state index contributed by atoms with van der Waals surface area (Å²) in [7, 11) is 0. The zero-order chi connectivity index (χ0) is 14.7. The molecule has 0 saturated heterocycles. The number of halogens is 1.